The Morgan fingerprint density at radius 2 is 2.06 bits per heavy atom. The molecule has 0 radical (unpaired) electrons. The SMILES string of the molecule is COc1ccc(-n2nc3c(n2)C(N)NN3)cc1. The molecule has 0 saturated carbocycles. The van der Waals surface area contributed by atoms with E-state index in [1.54, 1.807) is 7.11 Å². The first-order valence-electron chi connectivity index (χ1n) is 5.17. The van der Waals surface area contributed by atoms with Gasteiger partial charge in [-0.2, -0.15) is 0 Å². The Kier molecular flexibility index (Phi) is 2.20. The molecule has 1 atom stereocenters. The molecule has 17 heavy (non-hydrogen) atoms. The van der Waals surface area contributed by atoms with Crippen molar-refractivity contribution in [2.24, 2.45) is 5.73 Å². The van der Waals surface area contributed by atoms with Crippen LogP contribution >= 0.6 is 0 Å². The van der Waals surface area contributed by atoms with Crippen LogP contribution in [-0.4, -0.2) is 22.1 Å². The van der Waals surface area contributed by atoms with Gasteiger partial charge in [-0.05, 0) is 24.3 Å². The summed E-state index contributed by atoms with van der Waals surface area (Å²) in [4.78, 5) is 1.54. The molecular formula is C10H12N6O. The quantitative estimate of drug-likeness (QED) is 0.683. The molecule has 0 amide bonds. The van der Waals surface area contributed by atoms with Crippen LogP contribution in [0.3, 0.4) is 0 Å². The number of rotatable bonds is 2. The molecular weight excluding hydrogens is 220 g/mol. The Morgan fingerprint density at radius 3 is 2.71 bits per heavy atom. The number of aromatic nitrogens is 3. The van der Waals surface area contributed by atoms with Crippen molar-refractivity contribution in [2.45, 2.75) is 6.17 Å². The van der Waals surface area contributed by atoms with Crippen LogP contribution in [0.25, 0.3) is 5.69 Å². The second-order valence-electron chi connectivity index (χ2n) is 3.67. The van der Waals surface area contributed by atoms with E-state index >= 15 is 0 Å². The van der Waals surface area contributed by atoms with Gasteiger partial charge in [0.1, 0.15) is 17.6 Å². The number of hydrazine groups is 1. The van der Waals surface area contributed by atoms with Crippen LogP contribution in [0, 0.1) is 0 Å². The van der Waals surface area contributed by atoms with Crippen molar-refractivity contribution in [1.29, 1.82) is 0 Å². The molecule has 1 aromatic heterocycles. The Bertz CT molecular complexity index is 534. The summed E-state index contributed by atoms with van der Waals surface area (Å²) in [7, 11) is 1.63. The number of nitrogens with one attached hydrogen (secondary N) is 2. The molecule has 2 aromatic rings. The molecule has 0 fully saturated rings. The molecule has 4 N–H and O–H groups in total. The van der Waals surface area contributed by atoms with Crippen molar-refractivity contribution in [3.63, 3.8) is 0 Å². The highest BCUT2D eigenvalue weighted by molar-refractivity contribution is 5.46. The van der Waals surface area contributed by atoms with E-state index in [9.17, 15) is 0 Å². The van der Waals surface area contributed by atoms with Gasteiger partial charge in [0.25, 0.3) is 0 Å². The first-order valence-corrected chi connectivity index (χ1v) is 5.17. The predicted molar refractivity (Wildman–Crippen MR) is 61.6 cm³/mol. The first-order chi connectivity index (χ1) is 8.28. The molecule has 3 rings (SSSR count). The number of nitrogens with two attached hydrogens (primary N) is 1. The standard InChI is InChI=1S/C10H12N6O/c1-17-7-4-2-6(3-5-7)16-14-8-9(11)12-13-10(8)15-16/h2-5,9,12H,11H2,1H3,(H,13,15). The van der Waals surface area contributed by atoms with Gasteiger partial charge in [-0.25, -0.2) is 5.43 Å². The molecule has 88 valence electrons. The summed E-state index contributed by atoms with van der Waals surface area (Å²) in [5, 5.41) is 8.59. The smallest absolute Gasteiger partial charge is 0.189 e. The van der Waals surface area contributed by atoms with E-state index in [0.717, 1.165) is 11.4 Å². The van der Waals surface area contributed by atoms with E-state index in [-0.39, 0.29) is 6.17 Å². The third-order valence-corrected chi connectivity index (χ3v) is 2.58. The lowest BCUT2D eigenvalue weighted by Crippen LogP contribution is -2.27. The molecule has 7 nitrogen and oxygen atoms in total. The molecule has 0 spiro atoms. The van der Waals surface area contributed by atoms with Gasteiger partial charge in [-0.3, -0.25) is 0 Å². The maximum absolute atomic E-state index is 5.77. The van der Waals surface area contributed by atoms with E-state index in [0.29, 0.717) is 11.5 Å². The average molecular weight is 232 g/mol. The van der Waals surface area contributed by atoms with Gasteiger partial charge in [-0.15, -0.1) is 15.0 Å². The molecule has 1 unspecified atom stereocenters. The summed E-state index contributed by atoms with van der Waals surface area (Å²) in [6, 6.07) is 7.48. The summed E-state index contributed by atoms with van der Waals surface area (Å²) in [6.07, 6.45) is -0.322. The van der Waals surface area contributed by atoms with Gasteiger partial charge in [0, 0.05) is 0 Å². The first kappa shape index (κ1) is 10.1. The highest BCUT2D eigenvalue weighted by Gasteiger charge is 2.24. The Labute approximate surface area is 97.5 Å². The van der Waals surface area contributed by atoms with Crippen LogP contribution in [0.5, 0.6) is 5.75 Å². The second kappa shape index (κ2) is 3.72. The predicted octanol–water partition coefficient (Wildman–Crippen LogP) is 0.163. The molecule has 1 aliphatic rings. The van der Waals surface area contributed by atoms with E-state index < -0.39 is 0 Å². The number of nitrogens with zero attached hydrogens (tertiary/aromatic N) is 3. The van der Waals surface area contributed by atoms with Gasteiger partial charge in [0.15, 0.2) is 5.82 Å². The summed E-state index contributed by atoms with van der Waals surface area (Å²) in [6.45, 7) is 0. The number of hydrogen-bond acceptors (Lipinski definition) is 6. The molecule has 0 saturated heterocycles. The number of fused-ring (bicyclic) bond motifs is 1. The lowest BCUT2D eigenvalue weighted by molar-refractivity contribution is 0.414. The van der Waals surface area contributed by atoms with Crippen LogP contribution in [0.4, 0.5) is 5.82 Å². The topological polar surface area (TPSA) is 90.0 Å². The van der Waals surface area contributed by atoms with Gasteiger partial charge in [-0.1, -0.05) is 0 Å². The van der Waals surface area contributed by atoms with Crippen molar-refractivity contribution < 1.29 is 4.74 Å². The van der Waals surface area contributed by atoms with Crippen LogP contribution in [0.2, 0.25) is 0 Å². The molecule has 7 heteroatoms. The van der Waals surface area contributed by atoms with Crippen LogP contribution in [-0.2, 0) is 0 Å². The van der Waals surface area contributed by atoms with Crippen LogP contribution < -0.4 is 21.3 Å². The zero-order valence-corrected chi connectivity index (χ0v) is 9.21. The van der Waals surface area contributed by atoms with Crippen molar-refractivity contribution in [3.05, 3.63) is 30.0 Å². The average Bonchev–Trinajstić information content (AvgIpc) is 2.92. The third-order valence-electron chi connectivity index (χ3n) is 2.58. The fraction of sp³-hybridized carbons (Fsp3) is 0.200. The fourth-order valence-corrected chi connectivity index (χ4v) is 1.66. The number of methoxy groups -OCH3 is 1. The van der Waals surface area contributed by atoms with Gasteiger partial charge in [0.05, 0.1) is 12.8 Å². The maximum Gasteiger partial charge on any atom is 0.189 e. The summed E-state index contributed by atoms with van der Waals surface area (Å²) in [5.41, 5.74) is 13.0. The highest BCUT2D eigenvalue weighted by atomic mass is 16.5. The van der Waals surface area contributed by atoms with E-state index in [1.165, 1.54) is 4.80 Å². The van der Waals surface area contributed by atoms with Gasteiger partial charge < -0.3 is 15.9 Å². The maximum atomic E-state index is 5.77. The van der Waals surface area contributed by atoms with Crippen molar-refractivity contribution in [1.82, 2.24) is 20.4 Å². The molecule has 1 aliphatic heterocycles. The molecule has 1 aromatic carbocycles. The van der Waals surface area contributed by atoms with E-state index in [4.69, 9.17) is 10.5 Å². The summed E-state index contributed by atoms with van der Waals surface area (Å²) < 4.78 is 5.09. The van der Waals surface area contributed by atoms with Crippen LogP contribution in [0.15, 0.2) is 24.3 Å². The minimum atomic E-state index is -0.322. The lowest BCUT2D eigenvalue weighted by Gasteiger charge is -2.04. The summed E-state index contributed by atoms with van der Waals surface area (Å²) in [5.74, 6) is 1.46. The van der Waals surface area contributed by atoms with Crippen molar-refractivity contribution in [3.8, 4) is 11.4 Å². The number of anilines is 1. The number of hydrogen-bond donors (Lipinski definition) is 3. The summed E-state index contributed by atoms with van der Waals surface area (Å²) >= 11 is 0. The second-order valence-corrected chi connectivity index (χ2v) is 3.67. The molecule has 2 heterocycles. The van der Waals surface area contributed by atoms with Crippen molar-refractivity contribution in [2.75, 3.05) is 12.5 Å². The zero-order chi connectivity index (χ0) is 11.8. The Hall–Kier alpha value is -2.12. The van der Waals surface area contributed by atoms with E-state index in [2.05, 4.69) is 21.0 Å². The largest absolute Gasteiger partial charge is 0.497 e. The van der Waals surface area contributed by atoms with Crippen LogP contribution in [0.1, 0.15) is 11.9 Å². The van der Waals surface area contributed by atoms with E-state index in [1.807, 2.05) is 24.3 Å². The van der Waals surface area contributed by atoms with Crippen molar-refractivity contribution >= 4 is 5.82 Å². The number of benzene rings is 1. The Morgan fingerprint density at radius 1 is 1.29 bits per heavy atom. The minimum absolute atomic E-state index is 0.322. The lowest BCUT2D eigenvalue weighted by atomic mass is 10.3. The monoisotopic (exact) mass is 232 g/mol. The molecule has 0 aliphatic carbocycles. The molecule has 0 bridgehead atoms. The van der Waals surface area contributed by atoms with Gasteiger partial charge >= 0.3 is 0 Å². The minimum Gasteiger partial charge on any atom is -0.497 e. The Balaban J connectivity index is 1.96. The zero-order valence-electron chi connectivity index (χ0n) is 9.21. The third kappa shape index (κ3) is 1.61. The fourth-order valence-electron chi connectivity index (χ4n) is 1.66. The normalized spacial score (nSPS) is 17.6. The highest BCUT2D eigenvalue weighted by Crippen LogP contribution is 2.22. The number of ether oxygens (including phenoxy) is 1. The van der Waals surface area contributed by atoms with Gasteiger partial charge in [0.2, 0.25) is 0 Å².